The molecule has 29 heavy (non-hydrogen) atoms. The molecule has 0 unspecified atom stereocenters. The first-order valence-corrected chi connectivity index (χ1v) is 10.9. The zero-order valence-electron chi connectivity index (χ0n) is 16.5. The number of carbonyl (C=O) groups excluding carboxylic acids is 1. The number of ether oxygens (including phenoxy) is 2. The summed E-state index contributed by atoms with van der Waals surface area (Å²) in [5.41, 5.74) is 1.18. The third kappa shape index (κ3) is 3.87. The highest BCUT2D eigenvalue weighted by atomic mass is 32.2. The van der Waals surface area contributed by atoms with E-state index in [1.54, 1.807) is 41.6 Å². The lowest BCUT2D eigenvalue weighted by atomic mass is 10.1. The van der Waals surface area contributed by atoms with Gasteiger partial charge in [0, 0.05) is 50.6 Å². The highest BCUT2D eigenvalue weighted by molar-refractivity contribution is 7.89. The van der Waals surface area contributed by atoms with Crippen LogP contribution in [0.25, 0.3) is 0 Å². The second-order valence-electron chi connectivity index (χ2n) is 7.15. The molecule has 0 bridgehead atoms. The number of benzene rings is 1. The maximum Gasteiger partial charge on any atom is 0.262 e. The van der Waals surface area contributed by atoms with Crippen LogP contribution in [-0.4, -0.2) is 72.5 Å². The number of imidazole rings is 1. The Morgan fingerprint density at radius 2 is 1.90 bits per heavy atom. The normalized spacial score (nSPS) is 18.1. The SMILES string of the molecule is Cc1nc(S(=O)(=O)N2CCOc3ccc(C(=O)N4CCOCC4)cc3C2)cn1C. The van der Waals surface area contributed by atoms with Gasteiger partial charge in [0.15, 0.2) is 5.03 Å². The summed E-state index contributed by atoms with van der Waals surface area (Å²) < 4.78 is 40.2. The summed E-state index contributed by atoms with van der Waals surface area (Å²) in [5.74, 6) is 1.13. The van der Waals surface area contributed by atoms with E-state index in [9.17, 15) is 13.2 Å². The molecule has 0 aliphatic carbocycles. The molecule has 2 aromatic rings. The van der Waals surface area contributed by atoms with Crippen LogP contribution in [0.15, 0.2) is 29.4 Å². The number of nitrogens with zero attached hydrogens (tertiary/aromatic N) is 4. The van der Waals surface area contributed by atoms with Crippen LogP contribution in [0.4, 0.5) is 0 Å². The Morgan fingerprint density at radius 3 is 2.59 bits per heavy atom. The third-order valence-electron chi connectivity index (χ3n) is 5.24. The molecule has 1 aromatic heterocycles. The lowest BCUT2D eigenvalue weighted by molar-refractivity contribution is 0.0303. The number of amides is 1. The summed E-state index contributed by atoms with van der Waals surface area (Å²) in [4.78, 5) is 18.7. The van der Waals surface area contributed by atoms with Crippen LogP contribution < -0.4 is 4.74 Å². The van der Waals surface area contributed by atoms with Gasteiger partial charge in [0.2, 0.25) is 0 Å². The quantitative estimate of drug-likeness (QED) is 0.729. The number of aromatic nitrogens is 2. The molecule has 0 saturated carbocycles. The molecular weight excluding hydrogens is 396 g/mol. The largest absolute Gasteiger partial charge is 0.492 e. The summed E-state index contributed by atoms with van der Waals surface area (Å²) in [6, 6.07) is 5.19. The number of hydrogen-bond acceptors (Lipinski definition) is 6. The van der Waals surface area contributed by atoms with E-state index in [0.29, 0.717) is 49.0 Å². The Hall–Kier alpha value is -2.43. The number of carbonyl (C=O) groups is 1. The second kappa shape index (κ2) is 7.77. The number of morpholine rings is 1. The van der Waals surface area contributed by atoms with Gasteiger partial charge in [0.1, 0.15) is 18.2 Å². The fourth-order valence-electron chi connectivity index (χ4n) is 3.44. The van der Waals surface area contributed by atoms with Gasteiger partial charge in [-0.15, -0.1) is 0 Å². The van der Waals surface area contributed by atoms with Crippen molar-refractivity contribution >= 4 is 15.9 Å². The molecule has 0 N–H and O–H groups in total. The van der Waals surface area contributed by atoms with Gasteiger partial charge in [-0.25, -0.2) is 13.4 Å². The van der Waals surface area contributed by atoms with Gasteiger partial charge in [-0.1, -0.05) is 0 Å². The van der Waals surface area contributed by atoms with Gasteiger partial charge in [-0.05, 0) is 25.1 Å². The Labute approximate surface area is 169 Å². The summed E-state index contributed by atoms with van der Waals surface area (Å²) in [6.45, 7) is 4.46. The van der Waals surface area contributed by atoms with E-state index in [2.05, 4.69) is 4.98 Å². The molecule has 2 aliphatic rings. The summed E-state index contributed by atoms with van der Waals surface area (Å²) in [7, 11) is -2.02. The number of fused-ring (bicyclic) bond motifs is 1. The van der Waals surface area contributed by atoms with Gasteiger partial charge >= 0.3 is 0 Å². The Bertz CT molecular complexity index is 1010. The van der Waals surface area contributed by atoms with E-state index in [0.717, 1.165) is 0 Å². The first kappa shape index (κ1) is 19.9. The smallest absolute Gasteiger partial charge is 0.262 e. The van der Waals surface area contributed by atoms with Crippen molar-refractivity contribution in [3.63, 3.8) is 0 Å². The van der Waals surface area contributed by atoms with E-state index >= 15 is 0 Å². The molecule has 1 fully saturated rings. The molecule has 1 amide bonds. The van der Waals surface area contributed by atoms with Gasteiger partial charge < -0.3 is 18.9 Å². The predicted molar refractivity (Wildman–Crippen MR) is 104 cm³/mol. The maximum absolute atomic E-state index is 13.1. The van der Waals surface area contributed by atoms with Gasteiger partial charge in [-0.3, -0.25) is 4.79 Å². The molecule has 156 valence electrons. The fraction of sp³-hybridized carbons (Fsp3) is 0.474. The molecule has 2 aliphatic heterocycles. The second-order valence-corrected chi connectivity index (χ2v) is 9.04. The van der Waals surface area contributed by atoms with Crippen LogP contribution in [-0.2, 0) is 28.4 Å². The average molecular weight is 420 g/mol. The molecule has 4 rings (SSSR count). The maximum atomic E-state index is 13.1. The Kier molecular flexibility index (Phi) is 5.32. The molecular formula is C19H24N4O5S. The van der Waals surface area contributed by atoms with Crippen molar-refractivity contribution in [1.29, 1.82) is 0 Å². The van der Waals surface area contributed by atoms with Crippen molar-refractivity contribution < 1.29 is 22.7 Å². The van der Waals surface area contributed by atoms with Crippen molar-refractivity contribution in [2.75, 3.05) is 39.5 Å². The molecule has 0 radical (unpaired) electrons. The lowest BCUT2D eigenvalue weighted by Crippen LogP contribution is -2.40. The van der Waals surface area contributed by atoms with Crippen LogP contribution in [0.5, 0.6) is 5.75 Å². The molecule has 9 nitrogen and oxygen atoms in total. The number of hydrogen-bond donors (Lipinski definition) is 0. The molecule has 0 spiro atoms. The number of sulfonamides is 1. The molecule has 3 heterocycles. The topological polar surface area (TPSA) is 94.0 Å². The van der Waals surface area contributed by atoms with Crippen molar-refractivity contribution in [2.45, 2.75) is 18.5 Å². The van der Waals surface area contributed by atoms with Crippen LogP contribution in [0, 0.1) is 6.92 Å². The number of aryl methyl sites for hydroxylation is 2. The minimum absolute atomic E-state index is 0.0153. The predicted octanol–water partition coefficient (Wildman–Crippen LogP) is 0.784. The van der Waals surface area contributed by atoms with Crippen molar-refractivity contribution in [1.82, 2.24) is 18.8 Å². The molecule has 1 saturated heterocycles. The van der Waals surface area contributed by atoms with Crippen LogP contribution in [0.1, 0.15) is 21.7 Å². The van der Waals surface area contributed by atoms with E-state index in [4.69, 9.17) is 9.47 Å². The molecule has 0 atom stereocenters. The van der Waals surface area contributed by atoms with E-state index in [1.165, 1.54) is 10.5 Å². The van der Waals surface area contributed by atoms with Crippen LogP contribution >= 0.6 is 0 Å². The van der Waals surface area contributed by atoms with Gasteiger partial charge in [0.05, 0.1) is 13.2 Å². The average Bonchev–Trinajstić information content (AvgIpc) is 2.94. The highest BCUT2D eigenvalue weighted by Crippen LogP contribution is 2.28. The third-order valence-corrected chi connectivity index (χ3v) is 6.96. The van der Waals surface area contributed by atoms with Crippen LogP contribution in [0.3, 0.4) is 0 Å². The van der Waals surface area contributed by atoms with Crippen molar-refractivity contribution in [3.8, 4) is 5.75 Å². The van der Waals surface area contributed by atoms with Gasteiger partial charge in [-0.2, -0.15) is 4.31 Å². The zero-order valence-corrected chi connectivity index (χ0v) is 17.3. The minimum Gasteiger partial charge on any atom is -0.492 e. The summed E-state index contributed by atoms with van der Waals surface area (Å²) >= 11 is 0. The van der Waals surface area contributed by atoms with E-state index in [-0.39, 0.29) is 30.6 Å². The van der Waals surface area contributed by atoms with Crippen molar-refractivity contribution in [2.24, 2.45) is 7.05 Å². The Balaban J connectivity index is 1.61. The minimum atomic E-state index is -3.77. The first-order chi connectivity index (χ1) is 13.9. The van der Waals surface area contributed by atoms with E-state index < -0.39 is 10.0 Å². The zero-order chi connectivity index (χ0) is 20.6. The standard InChI is InChI=1S/C19H24N4O5S/c1-14-20-18(13-21(14)2)29(25,26)23-7-10-28-17-4-3-15(11-16(17)12-23)19(24)22-5-8-27-9-6-22/h3-4,11,13H,5-10,12H2,1-2H3. The van der Waals surface area contributed by atoms with Crippen LogP contribution in [0.2, 0.25) is 0 Å². The first-order valence-electron chi connectivity index (χ1n) is 9.49. The Morgan fingerprint density at radius 1 is 1.14 bits per heavy atom. The van der Waals surface area contributed by atoms with Gasteiger partial charge in [0.25, 0.3) is 15.9 Å². The van der Waals surface area contributed by atoms with E-state index in [1.807, 2.05) is 0 Å². The monoisotopic (exact) mass is 420 g/mol. The highest BCUT2D eigenvalue weighted by Gasteiger charge is 2.30. The van der Waals surface area contributed by atoms with Crippen molar-refractivity contribution in [3.05, 3.63) is 41.3 Å². The lowest BCUT2D eigenvalue weighted by Gasteiger charge is -2.27. The summed E-state index contributed by atoms with van der Waals surface area (Å²) in [6.07, 6.45) is 1.51. The molecule has 10 heteroatoms. The molecule has 1 aromatic carbocycles. The number of rotatable bonds is 3. The summed E-state index contributed by atoms with van der Waals surface area (Å²) in [5, 5.41) is 0.0153. The fourth-order valence-corrected chi connectivity index (χ4v) is 4.87.